The molecule has 0 aliphatic carbocycles. The van der Waals surface area contributed by atoms with Crippen LogP contribution < -0.4 is 5.73 Å². The lowest BCUT2D eigenvalue weighted by Gasteiger charge is -2.05. The largest absolute Gasteiger partial charge is 0.398 e. The highest BCUT2D eigenvalue weighted by Gasteiger charge is 2.03. The predicted molar refractivity (Wildman–Crippen MR) is 71.1 cm³/mol. The number of benzene rings is 2. The highest BCUT2D eigenvalue weighted by molar-refractivity contribution is 7.99. The summed E-state index contributed by atoms with van der Waals surface area (Å²) >= 11 is 7.33. The second-order valence-corrected chi connectivity index (χ2v) is 4.97. The summed E-state index contributed by atoms with van der Waals surface area (Å²) in [5.41, 5.74) is 7.14. The van der Waals surface area contributed by atoms with Crippen molar-refractivity contribution in [2.75, 3.05) is 5.73 Å². The molecule has 0 spiro atoms. The second-order valence-electron chi connectivity index (χ2n) is 3.42. The van der Waals surface area contributed by atoms with Crippen molar-refractivity contribution in [1.82, 2.24) is 0 Å². The Bertz CT molecular complexity index is 573. The van der Waals surface area contributed by atoms with Crippen LogP contribution in [0.1, 0.15) is 5.56 Å². The lowest BCUT2D eigenvalue weighted by atomic mass is 10.2. The van der Waals surface area contributed by atoms with Crippen molar-refractivity contribution in [1.29, 1.82) is 5.26 Å². The first-order chi connectivity index (χ1) is 8.19. The fourth-order valence-electron chi connectivity index (χ4n) is 1.32. The van der Waals surface area contributed by atoms with Gasteiger partial charge in [-0.3, -0.25) is 0 Å². The number of nitrogen functional groups attached to an aromatic ring is 1. The van der Waals surface area contributed by atoms with Crippen molar-refractivity contribution in [3.05, 3.63) is 53.1 Å². The van der Waals surface area contributed by atoms with Gasteiger partial charge in [-0.05, 0) is 42.5 Å². The van der Waals surface area contributed by atoms with Crippen molar-refractivity contribution < 1.29 is 0 Å². The van der Waals surface area contributed by atoms with Crippen LogP contribution in [-0.4, -0.2) is 0 Å². The van der Waals surface area contributed by atoms with E-state index in [0.29, 0.717) is 16.3 Å². The average Bonchev–Trinajstić information content (AvgIpc) is 2.35. The van der Waals surface area contributed by atoms with Gasteiger partial charge >= 0.3 is 0 Å². The van der Waals surface area contributed by atoms with Crippen molar-refractivity contribution in [3.8, 4) is 6.07 Å². The van der Waals surface area contributed by atoms with E-state index in [0.717, 1.165) is 9.79 Å². The van der Waals surface area contributed by atoms with Gasteiger partial charge in [-0.15, -0.1) is 0 Å². The van der Waals surface area contributed by atoms with Crippen molar-refractivity contribution in [2.24, 2.45) is 0 Å². The Hall–Kier alpha value is -1.63. The molecule has 17 heavy (non-hydrogen) atoms. The molecule has 0 unspecified atom stereocenters. The summed E-state index contributed by atoms with van der Waals surface area (Å²) in [6.45, 7) is 0. The van der Waals surface area contributed by atoms with Gasteiger partial charge in [-0.1, -0.05) is 23.4 Å². The van der Waals surface area contributed by atoms with Crippen LogP contribution in [0.4, 0.5) is 5.69 Å². The summed E-state index contributed by atoms with van der Waals surface area (Å²) in [5.74, 6) is 0. The van der Waals surface area contributed by atoms with Gasteiger partial charge in [0.1, 0.15) is 0 Å². The smallest absolute Gasteiger partial charge is 0.0992 e. The van der Waals surface area contributed by atoms with Crippen LogP contribution in [0, 0.1) is 11.3 Å². The highest BCUT2D eigenvalue weighted by Crippen LogP contribution is 2.33. The monoisotopic (exact) mass is 260 g/mol. The molecule has 0 atom stereocenters. The van der Waals surface area contributed by atoms with E-state index in [1.807, 2.05) is 24.3 Å². The third kappa shape index (κ3) is 2.94. The Morgan fingerprint density at radius 3 is 2.47 bits per heavy atom. The Balaban J connectivity index is 2.29. The fourth-order valence-corrected chi connectivity index (χ4v) is 2.35. The van der Waals surface area contributed by atoms with Gasteiger partial charge in [0.15, 0.2) is 0 Å². The molecule has 2 aromatic carbocycles. The lowest BCUT2D eigenvalue weighted by molar-refractivity contribution is 1.38. The van der Waals surface area contributed by atoms with Gasteiger partial charge in [-0.25, -0.2) is 0 Å². The molecule has 0 fully saturated rings. The minimum atomic E-state index is 0.607. The first kappa shape index (κ1) is 11.8. The molecule has 0 aliphatic rings. The van der Waals surface area contributed by atoms with E-state index in [2.05, 4.69) is 6.07 Å². The van der Waals surface area contributed by atoms with Gasteiger partial charge in [0.25, 0.3) is 0 Å². The third-order valence-electron chi connectivity index (χ3n) is 2.18. The number of nitrogens with zero attached hydrogens (tertiary/aromatic N) is 1. The molecule has 0 amide bonds. The molecule has 2 aromatic rings. The Morgan fingerprint density at radius 2 is 1.82 bits per heavy atom. The van der Waals surface area contributed by atoms with E-state index >= 15 is 0 Å². The van der Waals surface area contributed by atoms with Crippen LogP contribution >= 0.6 is 23.4 Å². The summed E-state index contributed by atoms with van der Waals surface area (Å²) in [4.78, 5) is 1.92. The quantitative estimate of drug-likeness (QED) is 0.832. The number of halogens is 1. The molecule has 0 radical (unpaired) electrons. The van der Waals surface area contributed by atoms with Crippen molar-refractivity contribution in [2.45, 2.75) is 9.79 Å². The Morgan fingerprint density at radius 1 is 1.12 bits per heavy atom. The van der Waals surface area contributed by atoms with E-state index in [4.69, 9.17) is 22.6 Å². The van der Waals surface area contributed by atoms with Gasteiger partial charge in [0.2, 0.25) is 0 Å². The molecule has 0 saturated heterocycles. The summed E-state index contributed by atoms with van der Waals surface area (Å²) in [6.07, 6.45) is 0. The number of nitriles is 1. The van der Waals surface area contributed by atoms with E-state index in [1.165, 1.54) is 11.8 Å². The van der Waals surface area contributed by atoms with E-state index < -0.39 is 0 Å². The van der Waals surface area contributed by atoms with Gasteiger partial charge < -0.3 is 5.73 Å². The number of nitrogens with two attached hydrogens (primary N) is 1. The van der Waals surface area contributed by atoms with Crippen molar-refractivity contribution >= 4 is 29.1 Å². The maximum atomic E-state index is 8.84. The van der Waals surface area contributed by atoms with Crippen LogP contribution in [-0.2, 0) is 0 Å². The molecular formula is C13H9ClN2S. The molecule has 0 aliphatic heterocycles. The van der Waals surface area contributed by atoms with Crippen molar-refractivity contribution in [3.63, 3.8) is 0 Å². The van der Waals surface area contributed by atoms with Crippen LogP contribution in [0.5, 0.6) is 0 Å². The lowest BCUT2D eigenvalue weighted by Crippen LogP contribution is -1.89. The van der Waals surface area contributed by atoms with Crippen LogP contribution in [0.3, 0.4) is 0 Å². The minimum absolute atomic E-state index is 0.607. The maximum absolute atomic E-state index is 8.84. The zero-order valence-corrected chi connectivity index (χ0v) is 10.4. The first-order valence-corrected chi connectivity index (χ1v) is 6.11. The first-order valence-electron chi connectivity index (χ1n) is 4.92. The molecule has 2 nitrogen and oxygen atoms in total. The summed E-state index contributed by atoms with van der Waals surface area (Å²) in [5, 5.41) is 9.54. The highest BCUT2D eigenvalue weighted by atomic mass is 35.5. The van der Waals surface area contributed by atoms with Gasteiger partial charge in [0, 0.05) is 20.5 Å². The fraction of sp³-hybridized carbons (Fsp3) is 0. The zero-order chi connectivity index (χ0) is 12.3. The molecular weight excluding hydrogens is 252 g/mol. The topological polar surface area (TPSA) is 49.8 Å². The Kier molecular flexibility index (Phi) is 3.58. The number of rotatable bonds is 2. The zero-order valence-electron chi connectivity index (χ0n) is 8.85. The van der Waals surface area contributed by atoms with Gasteiger partial charge in [-0.2, -0.15) is 5.26 Å². The normalized spacial score (nSPS) is 9.88. The average molecular weight is 261 g/mol. The number of anilines is 1. The summed E-state index contributed by atoms with van der Waals surface area (Å²) < 4.78 is 0. The molecule has 2 N–H and O–H groups in total. The molecule has 84 valence electrons. The maximum Gasteiger partial charge on any atom is 0.0992 e. The molecule has 4 heteroatoms. The van der Waals surface area contributed by atoms with Crippen LogP contribution in [0.25, 0.3) is 0 Å². The molecule has 0 aromatic heterocycles. The van der Waals surface area contributed by atoms with E-state index in [1.54, 1.807) is 18.2 Å². The molecule has 0 heterocycles. The van der Waals surface area contributed by atoms with E-state index in [-0.39, 0.29) is 0 Å². The van der Waals surface area contributed by atoms with Crippen LogP contribution in [0.15, 0.2) is 52.3 Å². The number of hydrogen-bond donors (Lipinski definition) is 1. The molecule has 0 saturated carbocycles. The minimum Gasteiger partial charge on any atom is -0.398 e. The summed E-state index contributed by atoms with van der Waals surface area (Å²) in [6, 6.07) is 14.8. The molecule has 2 rings (SSSR count). The summed E-state index contributed by atoms with van der Waals surface area (Å²) in [7, 11) is 0. The SMILES string of the molecule is N#Cc1ccc(N)c(Sc2ccc(Cl)cc2)c1. The predicted octanol–water partition coefficient (Wildman–Crippen LogP) is 3.95. The van der Waals surface area contributed by atoms with Gasteiger partial charge in [0.05, 0.1) is 11.6 Å². The standard InChI is InChI=1S/C13H9ClN2S/c14-10-2-4-11(5-3-10)17-13-7-9(8-15)1-6-12(13)16/h1-7H,16H2. The number of hydrogen-bond acceptors (Lipinski definition) is 3. The second kappa shape index (κ2) is 5.13. The van der Waals surface area contributed by atoms with Crippen LogP contribution in [0.2, 0.25) is 5.02 Å². The molecule has 0 bridgehead atoms. The third-order valence-corrected chi connectivity index (χ3v) is 3.52. The van der Waals surface area contributed by atoms with E-state index in [9.17, 15) is 0 Å². The Labute approximate surface area is 109 Å².